The number of rotatable bonds is 1. The molecule has 3 rings (SSSR count). The van der Waals surface area contributed by atoms with E-state index in [9.17, 15) is 9.59 Å². The summed E-state index contributed by atoms with van der Waals surface area (Å²) in [5.41, 5.74) is 3.29. The maximum Gasteiger partial charge on any atom is 0.263 e. The Balaban J connectivity index is 2.04. The molecule has 0 aromatic carbocycles. The van der Waals surface area contributed by atoms with Gasteiger partial charge in [-0.05, 0) is 55.9 Å². The van der Waals surface area contributed by atoms with E-state index < -0.39 is 11.8 Å². The van der Waals surface area contributed by atoms with E-state index in [1.807, 2.05) is 30.9 Å². The molecule has 0 saturated carbocycles. The van der Waals surface area contributed by atoms with Crippen molar-refractivity contribution < 1.29 is 9.59 Å². The second-order valence-electron chi connectivity index (χ2n) is 5.19. The first-order valence-electron chi connectivity index (χ1n) is 6.95. The van der Waals surface area contributed by atoms with Gasteiger partial charge >= 0.3 is 0 Å². The quantitative estimate of drug-likeness (QED) is 0.465. The minimum atomic E-state index is -0.489. The van der Waals surface area contributed by atoms with Gasteiger partial charge in [-0.15, -0.1) is 0 Å². The molecular weight excluding hydrogens is 312 g/mol. The van der Waals surface area contributed by atoms with Crippen LogP contribution in [0.4, 0.5) is 5.69 Å². The van der Waals surface area contributed by atoms with E-state index in [0.717, 1.165) is 17.1 Å². The number of amides is 2. The van der Waals surface area contributed by atoms with Crippen LogP contribution in [-0.4, -0.2) is 21.9 Å². The molecule has 2 amide bonds. The van der Waals surface area contributed by atoms with Crippen molar-refractivity contribution in [2.45, 2.75) is 13.8 Å². The first kappa shape index (κ1) is 15.1. The summed E-state index contributed by atoms with van der Waals surface area (Å²) < 4.78 is 0. The van der Waals surface area contributed by atoms with E-state index in [-0.39, 0.29) is 10.7 Å². The van der Waals surface area contributed by atoms with E-state index in [4.69, 9.17) is 12.2 Å². The number of hydrogen-bond donors (Lipinski definition) is 2. The third-order valence-corrected chi connectivity index (χ3v) is 3.74. The highest BCUT2D eigenvalue weighted by Gasteiger charge is 2.29. The van der Waals surface area contributed by atoms with E-state index in [2.05, 4.69) is 15.6 Å². The molecule has 1 saturated heterocycles. The van der Waals surface area contributed by atoms with Gasteiger partial charge in [0.05, 0.1) is 11.9 Å². The number of anilines is 1. The van der Waals surface area contributed by atoms with Crippen LogP contribution in [0.15, 0.2) is 59.2 Å². The number of thiocarbonyl (C=S) groups is 1. The lowest BCUT2D eigenvalue weighted by atomic mass is 9.99. The number of pyridine rings is 1. The highest BCUT2D eigenvalue weighted by molar-refractivity contribution is 7.80. The molecule has 23 heavy (non-hydrogen) atoms. The summed E-state index contributed by atoms with van der Waals surface area (Å²) in [7, 11) is 0. The predicted molar refractivity (Wildman–Crippen MR) is 90.1 cm³/mol. The maximum absolute atomic E-state index is 12.1. The van der Waals surface area contributed by atoms with E-state index in [1.165, 1.54) is 0 Å². The molecule has 0 spiro atoms. The smallest absolute Gasteiger partial charge is 0.263 e. The van der Waals surface area contributed by atoms with Crippen LogP contribution in [-0.2, 0) is 9.59 Å². The summed E-state index contributed by atoms with van der Waals surface area (Å²) >= 11 is 4.81. The Labute approximate surface area is 138 Å². The lowest BCUT2D eigenvalue weighted by Crippen LogP contribution is -2.51. The van der Waals surface area contributed by atoms with Crippen LogP contribution in [0.5, 0.6) is 0 Å². The van der Waals surface area contributed by atoms with Crippen molar-refractivity contribution in [1.82, 2.24) is 15.6 Å². The molecule has 2 aliphatic rings. The molecule has 1 aromatic heterocycles. The highest BCUT2D eigenvalue weighted by atomic mass is 32.1. The fourth-order valence-corrected chi connectivity index (χ4v) is 2.85. The average Bonchev–Trinajstić information content (AvgIpc) is 2.46. The van der Waals surface area contributed by atoms with Gasteiger partial charge < -0.3 is 4.90 Å². The van der Waals surface area contributed by atoms with Gasteiger partial charge in [0, 0.05) is 17.6 Å². The van der Waals surface area contributed by atoms with Crippen molar-refractivity contribution in [2.24, 2.45) is 0 Å². The number of aromatic nitrogens is 1. The van der Waals surface area contributed by atoms with Crippen LogP contribution < -0.4 is 15.5 Å². The zero-order chi connectivity index (χ0) is 16.6. The maximum atomic E-state index is 12.1. The Morgan fingerprint density at radius 1 is 1.09 bits per heavy atom. The molecule has 0 aliphatic carbocycles. The lowest BCUT2D eigenvalue weighted by molar-refractivity contribution is -0.123. The number of carbonyl (C=O) groups excluding carboxylic acids is 2. The molecule has 1 aromatic rings. The van der Waals surface area contributed by atoms with Gasteiger partial charge in [0.2, 0.25) is 0 Å². The van der Waals surface area contributed by atoms with Gasteiger partial charge in [0.25, 0.3) is 11.8 Å². The van der Waals surface area contributed by atoms with E-state index in [1.54, 1.807) is 24.5 Å². The van der Waals surface area contributed by atoms with Crippen LogP contribution in [0, 0.1) is 0 Å². The number of nitrogens with zero attached hydrogens (tertiary/aromatic N) is 2. The Bertz CT molecular complexity index is 765. The first-order valence-corrected chi connectivity index (χ1v) is 7.36. The fraction of sp³-hybridized carbons (Fsp3) is 0.125. The topological polar surface area (TPSA) is 74.3 Å². The Morgan fingerprint density at radius 3 is 2.22 bits per heavy atom. The summed E-state index contributed by atoms with van der Waals surface area (Å²) in [6, 6.07) is 3.80. The molecule has 0 radical (unpaired) electrons. The summed E-state index contributed by atoms with van der Waals surface area (Å²) in [5, 5.41) is 4.93. The fourth-order valence-electron chi connectivity index (χ4n) is 2.66. The highest BCUT2D eigenvalue weighted by Crippen LogP contribution is 2.30. The Hall–Kier alpha value is -2.80. The zero-order valence-corrected chi connectivity index (χ0v) is 13.4. The molecule has 2 aliphatic heterocycles. The van der Waals surface area contributed by atoms with Gasteiger partial charge in [-0.25, -0.2) is 0 Å². The minimum absolute atomic E-state index is 0.0264. The second kappa shape index (κ2) is 5.77. The van der Waals surface area contributed by atoms with Crippen molar-refractivity contribution in [3.05, 3.63) is 59.2 Å². The zero-order valence-electron chi connectivity index (χ0n) is 12.6. The van der Waals surface area contributed by atoms with Crippen molar-refractivity contribution in [1.29, 1.82) is 0 Å². The molecule has 116 valence electrons. The second-order valence-corrected chi connectivity index (χ2v) is 5.59. The molecule has 0 atom stereocenters. The molecule has 2 N–H and O–H groups in total. The molecule has 6 nitrogen and oxygen atoms in total. The molecule has 0 unspecified atom stereocenters. The van der Waals surface area contributed by atoms with E-state index in [0.29, 0.717) is 5.57 Å². The van der Waals surface area contributed by atoms with Gasteiger partial charge in [0.15, 0.2) is 5.11 Å². The van der Waals surface area contributed by atoms with Crippen molar-refractivity contribution >= 4 is 34.8 Å². The van der Waals surface area contributed by atoms with Crippen molar-refractivity contribution in [2.75, 3.05) is 4.90 Å². The van der Waals surface area contributed by atoms with Crippen LogP contribution in [0.1, 0.15) is 13.8 Å². The standard InChI is InChI=1S/C16H14N4O2S/c1-9-6-11(13-14(21)18-16(23)19-15(13)22)7-10(2)20(9)12-4-3-5-17-8-12/h3-8H,1-2H3,(H2,18,19,21,22,23). The van der Waals surface area contributed by atoms with Gasteiger partial charge in [-0.2, -0.15) is 0 Å². The summed E-state index contributed by atoms with van der Waals surface area (Å²) in [6.07, 6.45) is 7.05. The van der Waals surface area contributed by atoms with Crippen molar-refractivity contribution in [3.63, 3.8) is 0 Å². The molecule has 1 fully saturated rings. The van der Waals surface area contributed by atoms with Crippen LogP contribution in [0.3, 0.4) is 0 Å². The number of carbonyl (C=O) groups is 2. The van der Waals surface area contributed by atoms with Crippen LogP contribution in [0.25, 0.3) is 0 Å². The van der Waals surface area contributed by atoms with Crippen molar-refractivity contribution in [3.8, 4) is 0 Å². The third-order valence-electron chi connectivity index (χ3n) is 3.54. The first-order chi connectivity index (χ1) is 11.0. The van der Waals surface area contributed by atoms with Gasteiger partial charge in [-0.1, -0.05) is 0 Å². The van der Waals surface area contributed by atoms with Crippen LogP contribution in [0.2, 0.25) is 0 Å². The Kier molecular flexibility index (Phi) is 3.79. The molecule has 7 heteroatoms. The van der Waals surface area contributed by atoms with Gasteiger partial charge in [0.1, 0.15) is 5.57 Å². The summed E-state index contributed by atoms with van der Waals surface area (Å²) in [4.78, 5) is 30.3. The minimum Gasteiger partial charge on any atom is -0.317 e. The summed E-state index contributed by atoms with van der Waals surface area (Å²) in [5.74, 6) is -0.978. The number of hydrogen-bond acceptors (Lipinski definition) is 5. The molecule has 3 heterocycles. The molecule has 0 bridgehead atoms. The monoisotopic (exact) mass is 326 g/mol. The average molecular weight is 326 g/mol. The van der Waals surface area contributed by atoms with E-state index >= 15 is 0 Å². The predicted octanol–water partition coefficient (Wildman–Crippen LogP) is 1.54. The lowest BCUT2D eigenvalue weighted by Gasteiger charge is -2.30. The normalized spacial score (nSPS) is 18.3. The number of allylic oxidation sites excluding steroid dienone is 5. The molecular formula is C16H14N4O2S. The Morgan fingerprint density at radius 2 is 1.70 bits per heavy atom. The third kappa shape index (κ3) is 2.78. The number of nitrogens with one attached hydrogen (secondary N) is 2. The van der Waals surface area contributed by atoms with Gasteiger partial charge in [-0.3, -0.25) is 25.2 Å². The SMILES string of the molecule is CC1=CC(=C2C(=O)NC(=S)NC2=O)C=C(C)N1c1cccnc1. The largest absolute Gasteiger partial charge is 0.317 e. The van der Waals surface area contributed by atoms with Crippen LogP contribution >= 0.6 is 12.2 Å². The summed E-state index contributed by atoms with van der Waals surface area (Å²) in [6.45, 7) is 3.82.